The molecule has 0 spiro atoms. The van der Waals surface area contributed by atoms with E-state index in [4.69, 9.17) is 0 Å². The Kier molecular flexibility index (Phi) is 6.35. The van der Waals surface area contributed by atoms with Crippen molar-refractivity contribution in [3.05, 3.63) is 74.1 Å². The number of aromatic nitrogens is 1. The first-order valence-corrected chi connectivity index (χ1v) is 9.88. The van der Waals surface area contributed by atoms with E-state index in [1.54, 1.807) is 12.1 Å². The summed E-state index contributed by atoms with van der Waals surface area (Å²) in [5.41, 5.74) is 2.51. The lowest BCUT2D eigenvalue weighted by Crippen LogP contribution is -2.36. The monoisotopic (exact) mass is 477 g/mol. The van der Waals surface area contributed by atoms with Crippen LogP contribution in [0.25, 0.3) is 11.3 Å². The number of nitrogens with one attached hydrogen (secondary N) is 2. The second-order valence-electron chi connectivity index (χ2n) is 5.43. The smallest absolute Gasteiger partial charge is 0.252 e. The molecular weight excluding hydrogens is 461 g/mol. The van der Waals surface area contributed by atoms with E-state index < -0.39 is 0 Å². The van der Waals surface area contributed by atoms with Crippen molar-refractivity contribution in [2.75, 3.05) is 6.54 Å². The molecule has 1 aromatic heterocycles. The third-order valence-corrected chi connectivity index (χ3v) is 5.38. The molecule has 1 heterocycles. The topological polar surface area (TPSA) is 71.1 Å². The molecule has 0 fully saturated rings. The number of halogens is 1. The summed E-state index contributed by atoms with van der Waals surface area (Å²) in [7, 11) is 0. The minimum Gasteiger partial charge on any atom is -0.348 e. The maximum Gasteiger partial charge on any atom is 0.252 e. The maximum atomic E-state index is 12.1. The van der Waals surface area contributed by atoms with Gasteiger partial charge in [0.1, 0.15) is 5.01 Å². The zero-order valence-electron chi connectivity index (χ0n) is 13.7. The van der Waals surface area contributed by atoms with E-state index in [0.29, 0.717) is 12.1 Å². The predicted molar refractivity (Wildman–Crippen MR) is 111 cm³/mol. The van der Waals surface area contributed by atoms with Gasteiger partial charge in [-0.25, -0.2) is 4.98 Å². The van der Waals surface area contributed by atoms with Crippen molar-refractivity contribution in [2.45, 2.75) is 6.54 Å². The van der Waals surface area contributed by atoms with Crippen molar-refractivity contribution in [3.63, 3.8) is 0 Å². The molecule has 0 aliphatic heterocycles. The fraction of sp³-hybridized carbons (Fsp3) is 0.105. The molecule has 0 unspecified atom stereocenters. The molecule has 0 aliphatic carbocycles. The van der Waals surface area contributed by atoms with Gasteiger partial charge in [-0.1, -0.05) is 42.5 Å². The summed E-state index contributed by atoms with van der Waals surface area (Å²) in [6.07, 6.45) is 0. The van der Waals surface area contributed by atoms with Crippen LogP contribution in [0.5, 0.6) is 0 Å². The first kappa shape index (κ1) is 18.5. The Balaban J connectivity index is 1.48. The molecule has 3 aromatic rings. The lowest BCUT2D eigenvalue weighted by Gasteiger charge is -2.07. The highest BCUT2D eigenvalue weighted by Gasteiger charge is 2.11. The quantitative estimate of drug-likeness (QED) is 0.535. The van der Waals surface area contributed by atoms with Gasteiger partial charge in [0.05, 0.1) is 24.3 Å². The number of hydrogen-bond donors (Lipinski definition) is 2. The van der Waals surface area contributed by atoms with E-state index in [2.05, 4.69) is 38.2 Å². The van der Waals surface area contributed by atoms with Gasteiger partial charge in [-0.15, -0.1) is 11.3 Å². The number of nitrogens with zero attached hydrogens (tertiary/aromatic N) is 1. The normalized spacial score (nSPS) is 10.3. The highest BCUT2D eigenvalue weighted by molar-refractivity contribution is 14.1. The van der Waals surface area contributed by atoms with E-state index in [9.17, 15) is 9.59 Å². The van der Waals surface area contributed by atoms with Crippen LogP contribution in [-0.2, 0) is 11.3 Å². The predicted octanol–water partition coefficient (Wildman–Crippen LogP) is 3.46. The van der Waals surface area contributed by atoms with Crippen LogP contribution in [0.15, 0.2) is 60.0 Å². The summed E-state index contributed by atoms with van der Waals surface area (Å²) in [4.78, 5) is 28.6. The number of amides is 2. The van der Waals surface area contributed by atoms with Gasteiger partial charge in [0.15, 0.2) is 0 Å². The Morgan fingerprint density at radius 1 is 1.00 bits per heavy atom. The van der Waals surface area contributed by atoms with Crippen LogP contribution < -0.4 is 10.6 Å². The third kappa shape index (κ3) is 4.89. The molecule has 0 atom stereocenters. The maximum absolute atomic E-state index is 12.1. The molecule has 3 rings (SSSR count). The minimum atomic E-state index is -0.259. The highest BCUT2D eigenvalue weighted by Crippen LogP contribution is 2.21. The standard InChI is InChI=1S/C19H16IN3O2S/c20-15-9-5-4-8-14(15)19(25)22-10-17(24)21-11-18-23-16(12-26-18)13-6-2-1-3-7-13/h1-9,12H,10-11H2,(H,21,24)(H,22,25). The van der Waals surface area contributed by atoms with Gasteiger partial charge in [-0.3, -0.25) is 9.59 Å². The number of rotatable bonds is 6. The first-order valence-electron chi connectivity index (χ1n) is 7.93. The Bertz CT molecular complexity index is 912. The molecule has 0 saturated carbocycles. The molecule has 0 bridgehead atoms. The van der Waals surface area contributed by atoms with Crippen LogP contribution in [0.4, 0.5) is 0 Å². The van der Waals surface area contributed by atoms with Gasteiger partial charge in [0.25, 0.3) is 5.91 Å². The van der Waals surface area contributed by atoms with Gasteiger partial charge in [-0.2, -0.15) is 0 Å². The zero-order valence-corrected chi connectivity index (χ0v) is 16.7. The Hall–Kier alpha value is -2.26. The lowest BCUT2D eigenvalue weighted by atomic mass is 10.2. The van der Waals surface area contributed by atoms with Crippen molar-refractivity contribution < 1.29 is 9.59 Å². The molecule has 0 aliphatic rings. The largest absolute Gasteiger partial charge is 0.348 e. The van der Waals surface area contributed by atoms with Crippen LogP contribution in [0.2, 0.25) is 0 Å². The van der Waals surface area contributed by atoms with Gasteiger partial charge >= 0.3 is 0 Å². The highest BCUT2D eigenvalue weighted by atomic mass is 127. The van der Waals surface area contributed by atoms with E-state index in [1.165, 1.54) is 11.3 Å². The molecule has 0 saturated heterocycles. The SMILES string of the molecule is O=C(CNC(=O)c1ccccc1I)NCc1nc(-c2ccccc2)cs1. The van der Waals surface area contributed by atoms with Crippen molar-refractivity contribution in [3.8, 4) is 11.3 Å². The van der Waals surface area contributed by atoms with Crippen molar-refractivity contribution in [1.29, 1.82) is 0 Å². The molecule has 2 N–H and O–H groups in total. The number of benzene rings is 2. The van der Waals surface area contributed by atoms with E-state index in [0.717, 1.165) is 19.8 Å². The summed E-state index contributed by atoms with van der Waals surface area (Å²) in [6, 6.07) is 17.1. The van der Waals surface area contributed by atoms with E-state index in [1.807, 2.05) is 47.8 Å². The van der Waals surface area contributed by atoms with Gasteiger partial charge < -0.3 is 10.6 Å². The molecule has 132 valence electrons. The van der Waals surface area contributed by atoms with Crippen molar-refractivity contribution in [1.82, 2.24) is 15.6 Å². The second-order valence-corrected chi connectivity index (χ2v) is 7.54. The Morgan fingerprint density at radius 3 is 2.50 bits per heavy atom. The van der Waals surface area contributed by atoms with Crippen molar-refractivity contribution in [2.24, 2.45) is 0 Å². The molecular formula is C19H16IN3O2S. The number of carbonyl (C=O) groups excluding carboxylic acids is 2. The molecule has 0 radical (unpaired) electrons. The van der Waals surface area contributed by atoms with Gasteiger partial charge in [0.2, 0.25) is 5.91 Å². The molecule has 5 nitrogen and oxygen atoms in total. The first-order chi connectivity index (χ1) is 12.6. The summed E-state index contributed by atoms with van der Waals surface area (Å²) in [5.74, 6) is -0.508. The fourth-order valence-corrected chi connectivity index (χ4v) is 3.65. The zero-order chi connectivity index (χ0) is 18.4. The molecule has 26 heavy (non-hydrogen) atoms. The van der Waals surface area contributed by atoms with Gasteiger partial charge in [0, 0.05) is 14.5 Å². The Labute approximate surface area is 169 Å². The van der Waals surface area contributed by atoms with Crippen LogP contribution in [0, 0.1) is 3.57 Å². The fourth-order valence-electron chi connectivity index (χ4n) is 2.27. The molecule has 7 heteroatoms. The van der Waals surface area contributed by atoms with Crippen LogP contribution in [0.3, 0.4) is 0 Å². The van der Waals surface area contributed by atoms with Crippen LogP contribution >= 0.6 is 33.9 Å². The van der Waals surface area contributed by atoms with Crippen LogP contribution in [0.1, 0.15) is 15.4 Å². The summed E-state index contributed by atoms with van der Waals surface area (Å²) >= 11 is 3.59. The van der Waals surface area contributed by atoms with Crippen molar-refractivity contribution >= 4 is 45.7 Å². The summed E-state index contributed by atoms with van der Waals surface area (Å²) in [5, 5.41) is 8.20. The summed E-state index contributed by atoms with van der Waals surface area (Å²) < 4.78 is 0.847. The average molecular weight is 477 g/mol. The van der Waals surface area contributed by atoms with E-state index >= 15 is 0 Å². The minimum absolute atomic E-state index is 0.0687. The third-order valence-electron chi connectivity index (χ3n) is 3.59. The second kappa shape index (κ2) is 8.91. The number of hydrogen-bond acceptors (Lipinski definition) is 4. The number of carbonyl (C=O) groups is 2. The average Bonchev–Trinajstić information content (AvgIpc) is 3.14. The number of thiazole rings is 1. The van der Waals surface area contributed by atoms with Crippen LogP contribution in [-0.4, -0.2) is 23.3 Å². The van der Waals surface area contributed by atoms with E-state index in [-0.39, 0.29) is 18.4 Å². The molecule has 2 aromatic carbocycles. The van der Waals surface area contributed by atoms with Gasteiger partial charge in [-0.05, 0) is 34.7 Å². The summed E-state index contributed by atoms with van der Waals surface area (Å²) in [6.45, 7) is 0.274. The lowest BCUT2D eigenvalue weighted by molar-refractivity contribution is -0.120. The molecule has 2 amide bonds. The Morgan fingerprint density at radius 2 is 1.73 bits per heavy atom.